The summed E-state index contributed by atoms with van der Waals surface area (Å²) in [6.07, 6.45) is 2.83. The van der Waals surface area contributed by atoms with Crippen molar-refractivity contribution in [3.8, 4) is 22.8 Å². The summed E-state index contributed by atoms with van der Waals surface area (Å²) in [4.78, 5) is 25.9. The van der Waals surface area contributed by atoms with Crippen molar-refractivity contribution in [3.63, 3.8) is 0 Å². The van der Waals surface area contributed by atoms with Crippen molar-refractivity contribution in [2.45, 2.75) is 0 Å². The molecule has 0 aliphatic rings. The molecule has 39 heavy (non-hydrogen) atoms. The van der Waals surface area contributed by atoms with Crippen LogP contribution in [-0.4, -0.2) is 32.2 Å². The number of hydrogen-bond acceptors (Lipinski definition) is 6. The quantitative estimate of drug-likeness (QED) is 0.143. The van der Waals surface area contributed by atoms with Crippen LogP contribution in [0.4, 0.5) is 0 Å². The Balaban J connectivity index is 1.54. The second kappa shape index (κ2) is 12.8. The molecule has 2 amide bonds. The molecule has 0 saturated carbocycles. The SMILES string of the molecule is COc1ccc(C=C(NC(=O)c2ccccc2)C(=O)NN=Cc2ccc(-c3ccc(Cl)cc3Cl)o2)cc1OC. The van der Waals surface area contributed by atoms with Gasteiger partial charge in [-0.3, -0.25) is 9.59 Å². The van der Waals surface area contributed by atoms with Crippen LogP contribution in [0.5, 0.6) is 11.5 Å². The van der Waals surface area contributed by atoms with E-state index in [0.717, 1.165) is 0 Å². The zero-order valence-electron chi connectivity index (χ0n) is 20.9. The first kappa shape index (κ1) is 27.5. The molecule has 0 unspecified atom stereocenters. The lowest BCUT2D eigenvalue weighted by Crippen LogP contribution is -2.32. The van der Waals surface area contributed by atoms with Gasteiger partial charge in [-0.05, 0) is 66.2 Å². The molecule has 0 spiro atoms. The molecular formula is C29H23Cl2N3O5. The molecule has 0 saturated heterocycles. The van der Waals surface area contributed by atoms with E-state index in [1.165, 1.54) is 26.5 Å². The fourth-order valence-electron chi connectivity index (χ4n) is 3.52. The number of halogens is 2. The molecule has 198 valence electrons. The molecule has 1 heterocycles. The molecular weight excluding hydrogens is 541 g/mol. The lowest BCUT2D eigenvalue weighted by molar-refractivity contribution is -0.117. The minimum absolute atomic E-state index is 0.0405. The Morgan fingerprint density at radius 1 is 0.897 bits per heavy atom. The van der Waals surface area contributed by atoms with Crippen molar-refractivity contribution in [2.24, 2.45) is 5.10 Å². The van der Waals surface area contributed by atoms with Gasteiger partial charge < -0.3 is 19.2 Å². The molecule has 0 aliphatic carbocycles. The number of rotatable bonds is 9. The summed E-state index contributed by atoms with van der Waals surface area (Å²) in [6, 6.07) is 22.1. The Morgan fingerprint density at radius 3 is 2.38 bits per heavy atom. The number of carbonyl (C=O) groups excluding carboxylic acids is 2. The largest absolute Gasteiger partial charge is 0.493 e. The molecule has 8 nitrogen and oxygen atoms in total. The van der Waals surface area contributed by atoms with Gasteiger partial charge in [0.25, 0.3) is 11.8 Å². The number of amides is 2. The Morgan fingerprint density at radius 2 is 1.67 bits per heavy atom. The summed E-state index contributed by atoms with van der Waals surface area (Å²) >= 11 is 12.2. The van der Waals surface area contributed by atoms with Crippen LogP contribution < -0.4 is 20.2 Å². The third kappa shape index (κ3) is 7.07. The van der Waals surface area contributed by atoms with Crippen LogP contribution >= 0.6 is 23.2 Å². The van der Waals surface area contributed by atoms with Gasteiger partial charge in [0.2, 0.25) is 0 Å². The summed E-state index contributed by atoms with van der Waals surface area (Å²) < 4.78 is 16.4. The van der Waals surface area contributed by atoms with Gasteiger partial charge in [0.05, 0.1) is 25.5 Å². The van der Waals surface area contributed by atoms with Crippen LogP contribution in [0.2, 0.25) is 10.0 Å². The molecule has 4 rings (SSSR count). The molecule has 4 aromatic rings. The van der Waals surface area contributed by atoms with Gasteiger partial charge in [-0.1, -0.05) is 47.5 Å². The van der Waals surface area contributed by atoms with Gasteiger partial charge in [0.1, 0.15) is 17.2 Å². The highest BCUT2D eigenvalue weighted by Crippen LogP contribution is 2.31. The minimum atomic E-state index is -0.655. The van der Waals surface area contributed by atoms with E-state index < -0.39 is 11.8 Å². The smallest absolute Gasteiger partial charge is 0.287 e. The van der Waals surface area contributed by atoms with E-state index >= 15 is 0 Å². The van der Waals surface area contributed by atoms with E-state index in [-0.39, 0.29) is 5.70 Å². The van der Waals surface area contributed by atoms with E-state index in [9.17, 15) is 9.59 Å². The number of furan rings is 1. The number of nitrogens with zero attached hydrogens (tertiary/aromatic N) is 1. The number of hydrogen-bond donors (Lipinski definition) is 2. The maximum Gasteiger partial charge on any atom is 0.287 e. The molecule has 1 aromatic heterocycles. The fourth-order valence-corrected chi connectivity index (χ4v) is 4.02. The van der Waals surface area contributed by atoms with Crippen molar-refractivity contribution in [2.75, 3.05) is 14.2 Å². The van der Waals surface area contributed by atoms with Crippen LogP contribution in [0.3, 0.4) is 0 Å². The molecule has 0 atom stereocenters. The fraction of sp³-hybridized carbons (Fsp3) is 0.0690. The van der Waals surface area contributed by atoms with Gasteiger partial charge in [0, 0.05) is 16.1 Å². The number of ether oxygens (including phenoxy) is 2. The average Bonchev–Trinajstić information content (AvgIpc) is 3.41. The average molecular weight is 564 g/mol. The second-order valence-corrected chi connectivity index (χ2v) is 8.86. The van der Waals surface area contributed by atoms with E-state index in [1.807, 2.05) is 0 Å². The first-order valence-electron chi connectivity index (χ1n) is 11.6. The molecule has 3 aromatic carbocycles. The molecule has 0 fully saturated rings. The number of benzene rings is 3. The van der Waals surface area contributed by atoms with Crippen molar-refractivity contribution < 1.29 is 23.5 Å². The Kier molecular flexibility index (Phi) is 9.04. The van der Waals surface area contributed by atoms with E-state index in [1.54, 1.807) is 78.9 Å². The molecule has 0 bridgehead atoms. The monoisotopic (exact) mass is 563 g/mol. The van der Waals surface area contributed by atoms with Crippen LogP contribution in [0.25, 0.3) is 17.4 Å². The highest BCUT2D eigenvalue weighted by atomic mass is 35.5. The summed E-state index contributed by atoms with van der Waals surface area (Å²) in [6.45, 7) is 0. The number of methoxy groups -OCH3 is 2. The van der Waals surface area contributed by atoms with Gasteiger partial charge in [0.15, 0.2) is 11.5 Å². The van der Waals surface area contributed by atoms with Crippen LogP contribution in [0.15, 0.2) is 94.1 Å². The number of nitrogens with one attached hydrogen (secondary N) is 2. The summed E-state index contributed by atoms with van der Waals surface area (Å²) in [5.74, 6) is 0.752. The van der Waals surface area contributed by atoms with Crippen LogP contribution in [0.1, 0.15) is 21.7 Å². The van der Waals surface area contributed by atoms with Crippen molar-refractivity contribution in [1.29, 1.82) is 0 Å². The number of hydrazone groups is 1. The van der Waals surface area contributed by atoms with Gasteiger partial charge in [-0.15, -0.1) is 0 Å². The van der Waals surface area contributed by atoms with E-state index in [2.05, 4.69) is 15.8 Å². The standard InChI is InChI=1S/C29H23Cl2N3O5/c1-37-26-12-8-18(15-27(26)38-2)14-24(33-28(35)19-6-4-3-5-7-19)29(36)34-32-17-21-10-13-25(39-21)22-11-9-20(30)16-23(22)31/h3-17H,1-2H3,(H,33,35)(H,34,36). The normalized spacial score (nSPS) is 11.3. The van der Waals surface area contributed by atoms with Crippen molar-refractivity contribution in [3.05, 3.63) is 111 Å². The lowest BCUT2D eigenvalue weighted by Gasteiger charge is -2.11. The topological polar surface area (TPSA) is 102 Å². The Bertz CT molecular complexity index is 1550. The predicted molar refractivity (Wildman–Crippen MR) is 151 cm³/mol. The van der Waals surface area contributed by atoms with E-state index in [4.69, 9.17) is 37.1 Å². The molecule has 0 aliphatic heterocycles. The predicted octanol–water partition coefficient (Wildman–Crippen LogP) is 6.19. The summed E-state index contributed by atoms with van der Waals surface area (Å²) in [5, 5.41) is 7.58. The highest BCUT2D eigenvalue weighted by Gasteiger charge is 2.15. The first-order chi connectivity index (χ1) is 18.9. The van der Waals surface area contributed by atoms with Gasteiger partial charge >= 0.3 is 0 Å². The minimum Gasteiger partial charge on any atom is -0.493 e. The Hall–Kier alpha value is -4.53. The zero-order chi connectivity index (χ0) is 27.8. The molecule has 10 heteroatoms. The number of carbonyl (C=O) groups is 2. The Labute approximate surface area is 234 Å². The first-order valence-corrected chi connectivity index (χ1v) is 12.3. The van der Waals surface area contributed by atoms with E-state index in [0.29, 0.717) is 49.8 Å². The van der Waals surface area contributed by atoms with Gasteiger partial charge in [-0.25, -0.2) is 5.43 Å². The maximum atomic E-state index is 13.1. The van der Waals surface area contributed by atoms with Gasteiger partial charge in [-0.2, -0.15) is 5.10 Å². The second-order valence-electron chi connectivity index (χ2n) is 8.02. The third-order valence-electron chi connectivity index (χ3n) is 5.43. The zero-order valence-corrected chi connectivity index (χ0v) is 22.4. The highest BCUT2D eigenvalue weighted by molar-refractivity contribution is 6.36. The van der Waals surface area contributed by atoms with Crippen molar-refractivity contribution in [1.82, 2.24) is 10.7 Å². The van der Waals surface area contributed by atoms with Crippen molar-refractivity contribution >= 4 is 47.3 Å². The summed E-state index contributed by atoms with van der Waals surface area (Å²) in [5.41, 5.74) is 4.01. The lowest BCUT2D eigenvalue weighted by atomic mass is 10.1. The van der Waals surface area contributed by atoms with Crippen LogP contribution in [0, 0.1) is 0 Å². The summed E-state index contributed by atoms with van der Waals surface area (Å²) in [7, 11) is 3.03. The third-order valence-corrected chi connectivity index (χ3v) is 5.98. The maximum absolute atomic E-state index is 13.1. The molecule has 0 radical (unpaired) electrons. The van der Waals surface area contributed by atoms with Crippen LogP contribution in [-0.2, 0) is 4.79 Å². The molecule has 2 N–H and O–H groups in total.